The van der Waals surface area contributed by atoms with E-state index in [0.29, 0.717) is 18.6 Å². The Balaban J connectivity index is 2.16. The van der Waals surface area contributed by atoms with Crippen LogP contribution in [0.3, 0.4) is 0 Å². The van der Waals surface area contributed by atoms with Gasteiger partial charge in [-0.15, -0.1) is 0 Å². The highest BCUT2D eigenvalue weighted by atomic mass is 28.4. The van der Waals surface area contributed by atoms with E-state index in [1.807, 2.05) is 0 Å². The molecule has 0 unspecified atom stereocenters. The number of nitrogens with one attached hydrogen (secondary N) is 1. The Morgan fingerprint density at radius 1 is 1.14 bits per heavy atom. The third-order valence-electron chi connectivity index (χ3n) is 4.36. The smallest absolute Gasteiger partial charge is 0.192 e. The van der Waals surface area contributed by atoms with E-state index in [1.165, 1.54) is 12.1 Å². The van der Waals surface area contributed by atoms with Crippen molar-refractivity contribution >= 4 is 8.32 Å². The lowest BCUT2D eigenvalue weighted by Gasteiger charge is -2.36. The van der Waals surface area contributed by atoms with Crippen molar-refractivity contribution in [2.75, 3.05) is 19.7 Å². The summed E-state index contributed by atoms with van der Waals surface area (Å²) in [4.78, 5) is 0. The molecule has 0 amide bonds. The zero-order valence-electron chi connectivity index (χ0n) is 14.4. The standard InChI is InChI=1S/C17H29F2NOSi/c1-17(2,3)22(4,5)21-12-11-20-10-6-7-14-8-9-15(18)13-16(14)19/h8-9,13,20H,6-7,10-12H2,1-5H3. The van der Waals surface area contributed by atoms with E-state index >= 15 is 0 Å². The van der Waals surface area contributed by atoms with Gasteiger partial charge in [0.15, 0.2) is 8.32 Å². The summed E-state index contributed by atoms with van der Waals surface area (Å²) in [7, 11) is -1.66. The SMILES string of the molecule is CC(C)(C)[Si](C)(C)OCCNCCCc1ccc(F)cc1F. The van der Waals surface area contributed by atoms with Gasteiger partial charge in [0.1, 0.15) is 11.6 Å². The zero-order valence-corrected chi connectivity index (χ0v) is 15.4. The maximum atomic E-state index is 13.4. The van der Waals surface area contributed by atoms with Gasteiger partial charge < -0.3 is 9.74 Å². The minimum atomic E-state index is -1.66. The fourth-order valence-corrected chi connectivity index (χ4v) is 2.89. The molecule has 0 atom stereocenters. The first-order valence-corrected chi connectivity index (χ1v) is 10.8. The van der Waals surface area contributed by atoms with Gasteiger partial charge in [0.25, 0.3) is 0 Å². The molecule has 1 aromatic carbocycles. The number of hydrogen-bond donors (Lipinski definition) is 1. The molecule has 5 heteroatoms. The second kappa shape index (κ2) is 8.18. The average Bonchev–Trinajstić information content (AvgIpc) is 2.38. The summed E-state index contributed by atoms with van der Waals surface area (Å²) < 4.78 is 32.3. The van der Waals surface area contributed by atoms with Crippen LogP contribution in [0.15, 0.2) is 18.2 Å². The van der Waals surface area contributed by atoms with Crippen molar-refractivity contribution in [2.45, 2.75) is 51.7 Å². The Labute approximate surface area is 134 Å². The molecule has 0 fully saturated rings. The van der Waals surface area contributed by atoms with Gasteiger partial charge >= 0.3 is 0 Å². The van der Waals surface area contributed by atoms with Gasteiger partial charge in [-0.1, -0.05) is 26.8 Å². The molecule has 0 aliphatic heterocycles. The second-order valence-electron chi connectivity index (χ2n) is 7.20. The van der Waals surface area contributed by atoms with Gasteiger partial charge in [0.05, 0.1) is 0 Å². The largest absolute Gasteiger partial charge is 0.416 e. The summed E-state index contributed by atoms with van der Waals surface area (Å²) in [5, 5.41) is 3.54. The van der Waals surface area contributed by atoms with Crippen LogP contribution in [-0.2, 0) is 10.8 Å². The molecule has 0 bridgehead atoms. The highest BCUT2D eigenvalue weighted by Gasteiger charge is 2.36. The lowest BCUT2D eigenvalue weighted by molar-refractivity contribution is 0.286. The quantitative estimate of drug-likeness (QED) is 0.560. The third-order valence-corrected chi connectivity index (χ3v) is 8.90. The molecule has 0 heterocycles. The molecule has 22 heavy (non-hydrogen) atoms. The molecule has 0 aliphatic carbocycles. The van der Waals surface area contributed by atoms with E-state index in [1.54, 1.807) is 0 Å². The van der Waals surface area contributed by atoms with Crippen molar-refractivity contribution in [1.29, 1.82) is 0 Å². The molecule has 0 saturated heterocycles. The first kappa shape index (κ1) is 19.3. The van der Waals surface area contributed by atoms with Crippen molar-refractivity contribution in [1.82, 2.24) is 5.32 Å². The molecule has 126 valence electrons. The van der Waals surface area contributed by atoms with E-state index in [9.17, 15) is 8.78 Å². The van der Waals surface area contributed by atoms with E-state index in [-0.39, 0.29) is 5.04 Å². The van der Waals surface area contributed by atoms with Crippen molar-refractivity contribution in [3.8, 4) is 0 Å². The zero-order chi connectivity index (χ0) is 16.8. The number of halogens is 2. The molecular weight excluding hydrogens is 300 g/mol. The molecule has 1 rings (SSSR count). The van der Waals surface area contributed by atoms with Gasteiger partial charge in [-0.2, -0.15) is 0 Å². The van der Waals surface area contributed by atoms with E-state index < -0.39 is 20.0 Å². The van der Waals surface area contributed by atoms with Gasteiger partial charge in [-0.05, 0) is 49.1 Å². The molecular formula is C17H29F2NOSi. The van der Waals surface area contributed by atoms with Gasteiger partial charge in [-0.25, -0.2) is 8.78 Å². The summed E-state index contributed by atoms with van der Waals surface area (Å²) in [6.07, 6.45) is 1.44. The highest BCUT2D eigenvalue weighted by Crippen LogP contribution is 2.36. The number of rotatable bonds is 8. The van der Waals surface area contributed by atoms with E-state index in [0.717, 1.165) is 25.6 Å². The predicted octanol–water partition coefficient (Wildman–Crippen LogP) is 4.51. The second-order valence-corrected chi connectivity index (χ2v) is 12.0. The summed E-state index contributed by atoms with van der Waals surface area (Å²) >= 11 is 0. The maximum Gasteiger partial charge on any atom is 0.192 e. The lowest BCUT2D eigenvalue weighted by atomic mass is 10.1. The first-order valence-electron chi connectivity index (χ1n) is 7.92. The van der Waals surface area contributed by atoms with Crippen LogP contribution in [0.1, 0.15) is 32.8 Å². The third kappa shape index (κ3) is 6.14. The minimum absolute atomic E-state index is 0.229. The van der Waals surface area contributed by atoms with Crippen molar-refractivity contribution < 1.29 is 13.2 Å². The fraction of sp³-hybridized carbons (Fsp3) is 0.647. The Kier molecular flexibility index (Phi) is 7.16. The number of benzene rings is 1. The molecule has 0 aromatic heterocycles. The minimum Gasteiger partial charge on any atom is -0.416 e. The first-order chi connectivity index (χ1) is 10.1. The number of aryl methyl sites for hydroxylation is 1. The van der Waals surface area contributed by atoms with Crippen LogP contribution in [0.4, 0.5) is 8.78 Å². The lowest BCUT2D eigenvalue weighted by Crippen LogP contribution is -2.42. The molecule has 2 nitrogen and oxygen atoms in total. The van der Waals surface area contributed by atoms with Crippen LogP contribution in [0.2, 0.25) is 18.1 Å². The molecule has 0 aliphatic rings. The van der Waals surface area contributed by atoms with Crippen LogP contribution in [0, 0.1) is 11.6 Å². The Bertz CT molecular complexity index is 472. The summed E-state index contributed by atoms with van der Waals surface area (Å²) in [5.74, 6) is -0.983. The molecule has 0 radical (unpaired) electrons. The predicted molar refractivity (Wildman–Crippen MR) is 90.7 cm³/mol. The Hall–Kier alpha value is -0.783. The summed E-state index contributed by atoms with van der Waals surface area (Å²) in [5.41, 5.74) is 0.570. The molecule has 1 aromatic rings. The van der Waals surface area contributed by atoms with Crippen LogP contribution >= 0.6 is 0 Å². The molecule has 0 saturated carbocycles. The van der Waals surface area contributed by atoms with Crippen LogP contribution in [0.25, 0.3) is 0 Å². The van der Waals surface area contributed by atoms with E-state index in [4.69, 9.17) is 4.43 Å². The molecule has 1 N–H and O–H groups in total. The van der Waals surface area contributed by atoms with Crippen LogP contribution in [-0.4, -0.2) is 28.0 Å². The van der Waals surface area contributed by atoms with Crippen molar-refractivity contribution in [2.24, 2.45) is 0 Å². The average molecular weight is 330 g/mol. The van der Waals surface area contributed by atoms with Crippen molar-refractivity contribution in [3.05, 3.63) is 35.4 Å². The summed E-state index contributed by atoms with van der Waals surface area (Å²) in [6.45, 7) is 13.5. The van der Waals surface area contributed by atoms with Crippen molar-refractivity contribution in [3.63, 3.8) is 0 Å². The van der Waals surface area contributed by atoms with Crippen LogP contribution in [0.5, 0.6) is 0 Å². The van der Waals surface area contributed by atoms with Gasteiger partial charge in [0.2, 0.25) is 0 Å². The number of hydrogen-bond acceptors (Lipinski definition) is 2. The van der Waals surface area contributed by atoms with Crippen LogP contribution < -0.4 is 5.32 Å². The van der Waals surface area contributed by atoms with Gasteiger partial charge in [0, 0.05) is 19.2 Å². The Morgan fingerprint density at radius 2 is 1.82 bits per heavy atom. The maximum absolute atomic E-state index is 13.4. The van der Waals surface area contributed by atoms with E-state index in [2.05, 4.69) is 39.2 Å². The Morgan fingerprint density at radius 3 is 2.41 bits per heavy atom. The monoisotopic (exact) mass is 329 g/mol. The van der Waals surface area contributed by atoms with Gasteiger partial charge in [-0.3, -0.25) is 0 Å². The fourth-order valence-electron chi connectivity index (χ4n) is 1.85. The summed E-state index contributed by atoms with van der Waals surface area (Å²) in [6, 6.07) is 3.76. The topological polar surface area (TPSA) is 21.3 Å². The normalized spacial score (nSPS) is 12.7. The highest BCUT2D eigenvalue weighted by molar-refractivity contribution is 6.74. The molecule has 0 spiro atoms.